The lowest BCUT2D eigenvalue weighted by molar-refractivity contribution is -0.132. The Kier molecular flexibility index (Phi) is 7.31. The highest BCUT2D eigenvalue weighted by Gasteiger charge is 2.20. The maximum absolute atomic E-state index is 12.5. The number of nitrogens with one attached hydrogen (secondary N) is 1. The van der Waals surface area contributed by atoms with Crippen LogP contribution >= 0.6 is 0 Å². The summed E-state index contributed by atoms with van der Waals surface area (Å²) in [6.45, 7) is 4.44. The zero-order chi connectivity index (χ0) is 22.2. The third-order valence-electron chi connectivity index (χ3n) is 5.83. The Hall–Kier alpha value is -3.44. The first kappa shape index (κ1) is 21.8. The molecule has 0 aliphatic carbocycles. The van der Waals surface area contributed by atoms with Crippen molar-refractivity contribution in [2.45, 2.75) is 6.42 Å². The van der Waals surface area contributed by atoms with Gasteiger partial charge in [-0.3, -0.25) is 14.5 Å². The number of hydrogen-bond donors (Lipinski definition) is 1. The van der Waals surface area contributed by atoms with E-state index in [-0.39, 0.29) is 11.8 Å². The second-order valence-electron chi connectivity index (χ2n) is 8.06. The Morgan fingerprint density at radius 1 is 0.844 bits per heavy atom. The molecule has 1 saturated heterocycles. The highest BCUT2D eigenvalue weighted by molar-refractivity contribution is 5.98. The van der Waals surface area contributed by atoms with Crippen molar-refractivity contribution in [3.05, 3.63) is 90.0 Å². The number of amides is 2. The maximum Gasteiger partial charge on any atom is 0.251 e. The van der Waals surface area contributed by atoms with Gasteiger partial charge in [0.2, 0.25) is 5.91 Å². The Bertz CT molecular complexity index is 1090. The number of hydrogen-bond acceptors (Lipinski definition) is 3. The van der Waals surface area contributed by atoms with E-state index in [4.69, 9.17) is 0 Å². The molecule has 164 valence electrons. The number of carbonyl (C=O) groups excluding carboxylic acids is 2. The van der Waals surface area contributed by atoms with E-state index in [1.54, 1.807) is 0 Å². The molecule has 0 saturated carbocycles. The normalized spacial score (nSPS) is 14.7. The fourth-order valence-corrected chi connectivity index (χ4v) is 3.96. The summed E-state index contributed by atoms with van der Waals surface area (Å²) in [7, 11) is 0. The molecule has 1 fully saturated rings. The number of fused-ring (bicyclic) bond motifs is 1. The molecule has 5 heteroatoms. The van der Waals surface area contributed by atoms with E-state index in [1.165, 1.54) is 5.56 Å². The van der Waals surface area contributed by atoms with Gasteiger partial charge in [-0.2, -0.15) is 0 Å². The van der Waals surface area contributed by atoms with Gasteiger partial charge in [-0.15, -0.1) is 0 Å². The number of nitrogens with zero attached hydrogens (tertiary/aromatic N) is 2. The molecule has 1 aliphatic heterocycles. The van der Waals surface area contributed by atoms with E-state index in [1.807, 2.05) is 65.6 Å². The van der Waals surface area contributed by atoms with Crippen molar-refractivity contribution in [1.82, 2.24) is 15.1 Å². The van der Waals surface area contributed by atoms with Gasteiger partial charge in [0.1, 0.15) is 0 Å². The zero-order valence-corrected chi connectivity index (χ0v) is 18.2. The molecular formula is C27H29N3O2. The minimum absolute atomic E-state index is 0.100. The molecule has 1 heterocycles. The van der Waals surface area contributed by atoms with Crippen LogP contribution in [0.4, 0.5) is 0 Å². The first-order valence-corrected chi connectivity index (χ1v) is 11.2. The van der Waals surface area contributed by atoms with Crippen LogP contribution in [0.1, 0.15) is 22.3 Å². The van der Waals surface area contributed by atoms with Gasteiger partial charge in [0.15, 0.2) is 0 Å². The van der Waals surface area contributed by atoms with Gasteiger partial charge in [-0.1, -0.05) is 72.8 Å². The fourth-order valence-electron chi connectivity index (χ4n) is 3.96. The minimum Gasteiger partial charge on any atom is -0.352 e. The van der Waals surface area contributed by atoms with E-state index >= 15 is 0 Å². The van der Waals surface area contributed by atoms with Gasteiger partial charge in [0.25, 0.3) is 5.91 Å². The van der Waals surface area contributed by atoms with Crippen molar-refractivity contribution in [3.63, 3.8) is 0 Å². The van der Waals surface area contributed by atoms with Crippen LogP contribution in [0.2, 0.25) is 0 Å². The van der Waals surface area contributed by atoms with E-state index in [2.05, 4.69) is 34.5 Å². The van der Waals surface area contributed by atoms with Crippen LogP contribution in [0.5, 0.6) is 0 Å². The highest BCUT2D eigenvalue weighted by atomic mass is 16.2. The lowest BCUT2D eigenvalue weighted by Gasteiger charge is -2.34. The highest BCUT2D eigenvalue weighted by Crippen LogP contribution is 2.15. The molecule has 5 nitrogen and oxygen atoms in total. The maximum atomic E-state index is 12.5. The average molecular weight is 428 g/mol. The Labute approximate surface area is 189 Å². The number of benzene rings is 3. The average Bonchev–Trinajstić information content (AvgIpc) is 2.84. The monoisotopic (exact) mass is 427 g/mol. The topological polar surface area (TPSA) is 52.7 Å². The second kappa shape index (κ2) is 10.7. The van der Waals surface area contributed by atoms with Crippen molar-refractivity contribution in [1.29, 1.82) is 0 Å². The summed E-state index contributed by atoms with van der Waals surface area (Å²) in [5, 5.41) is 5.02. The van der Waals surface area contributed by atoms with Crippen LogP contribution in [0, 0.1) is 0 Å². The molecule has 0 bridgehead atoms. The van der Waals surface area contributed by atoms with Gasteiger partial charge in [0.05, 0.1) is 0 Å². The molecule has 32 heavy (non-hydrogen) atoms. The standard InChI is InChI=1S/C27H29N3O2/c31-26(14-15-28-27(32)25-13-12-23-10-4-5-11-24(23)21-25)30-19-17-29(18-20-30)16-6-9-22-7-2-1-3-8-22/h1-13,21H,14-20H2,(H,28,32)/b9-6+. The third kappa shape index (κ3) is 5.83. The quantitative estimate of drug-likeness (QED) is 0.624. The molecule has 0 aromatic heterocycles. The van der Waals surface area contributed by atoms with Gasteiger partial charge < -0.3 is 10.2 Å². The lowest BCUT2D eigenvalue weighted by atomic mass is 10.1. The number of rotatable bonds is 7. The van der Waals surface area contributed by atoms with Crippen molar-refractivity contribution in [2.75, 3.05) is 39.3 Å². The fraction of sp³-hybridized carbons (Fsp3) is 0.259. The van der Waals surface area contributed by atoms with Crippen LogP contribution in [0.25, 0.3) is 16.8 Å². The first-order chi connectivity index (χ1) is 15.7. The van der Waals surface area contributed by atoms with Crippen LogP contribution in [0.15, 0.2) is 78.9 Å². The van der Waals surface area contributed by atoms with Gasteiger partial charge >= 0.3 is 0 Å². The van der Waals surface area contributed by atoms with Crippen LogP contribution in [-0.2, 0) is 4.79 Å². The molecular weight excluding hydrogens is 398 g/mol. The molecule has 4 rings (SSSR count). The Morgan fingerprint density at radius 2 is 1.56 bits per heavy atom. The van der Waals surface area contributed by atoms with Gasteiger partial charge in [-0.25, -0.2) is 0 Å². The summed E-state index contributed by atoms with van der Waals surface area (Å²) in [6.07, 6.45) is 4.64. The Balaban J connectivity index is 1.17. The molecule has 0 unspecified atom stereocenters. The molecule has 0 atom stereocenters. The van der Waals surface area contributed by atoms with E-state index in [0.717, 1.165) is 43.5 Å². The van der Waals surface area contributed by atoms with Crippen LogP contribution < -0.4 is 5.32 Å². The SMILES string of the molecule is O=C(NCCC(=O)N1CCN(C/C=C/c2ccccc2)CC1)c1ccc2ccccc2c1. The molecule has 0 radical (unpaired) electrons. The first-order valence-electron chi connectivity index (χ1n) is 11.2. The van der Waals surface area contributed by atoms with Crippen molar-refractivity contribution in [2.24, 2.45) is 0 Å². The molecule has 2 amide bonds. The number of piperazine rings is 1. The molecule has 1 N–H and O–H groups in total. The van der Waals surface area contributed by atoms with Crippen LogP contribution in [-0.4, -0.2) is 60.9 Å². The zero-order valence-electron chi connectivity index (χ0n) is 18.2. The van der Waals surface area contributed by atoms with E-state index < -0.39 is 0 Å². The van der Waals surface area contributed by atoms with Gasteiger partial charge in [0, 0.05) is 51.3 Å². The summed E-state index contributed by atoms with van der Waals surface area (Å²) < 4.78 is 0. The van der Waals surface area contributed by atoms with Crippen LogP contribution in [0.3, 0.4) is 0 Å². The predicted molar refractivity (Wildman–Crippen MR) is 129 cm³/mol. The van der Waals surface area contributed by atoms with E-state index in [9.17, 15) is 9.59 Å². The van der Waals surface area contributed by atoms with Gasteiger partial charge in [-0.05, 0) is 28.5 Å². The van der Waals surface area contributed by atoms with E-state index in [0.29, 0.717) is 18.5 Å². The summed E-state index contributed by atoms with van der Waals surface area (Å²) in [4.78, 5) is 29.2. The molecule has 3 aromatic rings. The Morgan fingerprint density at radius 3 is 2.34 bits per heavy atom. The minimum atomic E-state index is -0.140. The summed E-state index contributed by atoms with van der Waals surface area (Å²) in [5.74, 6) is -0.0399. The molecule has 1 aliphatic rings. The number of carbonyl (C=O) groups is 2. The molecule has 0 spiro atoms. The summed E-state index contributed by atoms with van der Waals surface area (Å²) in [5.41, 5.74) is 1.82. The summed E-state index contributed by atoms with van der Waals surface area (Å²) in [6, 6.07) is 23.9. The largest absolute Gasteiger partial charge is 0.352 e. The predicted octanol–water partition coefficient (Wildman–Crippen LogP) is 3.82. The second-order valence-corrected chi connectivity index (χ2v) is 8.06. The summed E-state index contributed by atoms with van der Waals surface area (Å²) >= 11 is 0. The third-order valence-corrected chi connectivity index (χ3v) is 5.83. The smallest absolute Gasteiger partial charge is 0.251 e. The van der Waals surface area contributed by atoms with Crippen molar-refractivity contribution < 1.29 is 9.59 Å². The molecule has 3 aromatic carbocycles. The van der Waals surface area contributed by atoms with Crippen molar-refractivity contribution in [3.8, 4) is 0 Å². The van der Waals surface area contributed by atoms with Crippen molar-refractivity contribution >= 4 is 28.7 Å². The lowest BCUT2D eigenvalue weighted by Crippen LogP contribution is -2.49.